The summed E-state index contributed by atoms with van der Waals surface area (Å²) in [6.07, 6.45) is 0.648. The monoisotopic (exact) mass is 253 g/mol. The van der Waals surface area contributed by atoms with Crippen molar-refractivity contribution >= 4 is 11.9 Å². The summed E-state index contributed by atoms with van der Waals surface area (Å²) in [5.74, 6) is -1.04. The largest absolute Gasteiger partial charge is 0.465 e. The van der Waals surface area contributed by atoms with Crippen molar-refractivity contribution in [3.05, 3.63) is 35.6 Å². The lowest BCUT2D eigenvalue weighted by Gasteiger charge is -2.05. The maximum atomic E-state index is 12.9. The van der Waals surface area contributed by atoms with Crippen LogP contribution < -0.4 is 5.32 Å². The standard InChI is InChI=1S/C13H16FNO3/c1-2-18-13(17)9-15-12(16)7-6-10-4-3-5-11(14)8-10/h3-5,8H,2,6-7,9H2,1H3,(H,15,16). The third-order valence-corrected chi connectivity index (χ3v) is 2.26. The van der Waals surface area contributed by atoms with Gasteiger partial charge in [0.2, 0.25) is 5.91 Å². The summed E-state index contributed by atoms with van der Waals surface area (Å²) in [7, 11) is 0. The van der Waals surface area contributed by atoms with Crippen molar-refractivity contribution < 1.29 is 18.7 Å². The van der Waals surface area contributed by atoms with E-state index in [9.17, 15) is 14.0 Å². The van der Waals surface area contributed by atoms with Crippen LogP contribution in [0.25, 0.3) is 0 Å². The number of carbonyl (C=O) groups excluding carboxylic acids is 2. The number of hydrogen-bond acceptors (Lipinski definition) is 3. The number of hydrogen-bond donors (Lipinski definition) is 1. The van der Waals surface area contributed by atoms with Crippen LogP contribution in [0.2, 0.25) is 0 Å². The summed E-state index contributed by atoms with van der Waals surface area (Å²) >= 11 is 0. The molecular weight excluding hydrogens is 237 g/mol. The molecule has 1 N–H and O–H groups in total. The molecule has 0 atom stereocenters. The Bertz CT molecular complexity index is 420. The summed E-state index contributed by atoms with van der Waals surface area (Å²) in [5.41, 5.74) is 0.751. The first-order valence-electron chi connectivity index (χ1n) is 5.78. The van der Waals surface area contributed by atoms with Crippen LogP contribution in [0.15, 0.2) is 24.3 Å². The fourth-order valence-corrected chi connectivity index (χ4v) is 1.42. The van der Waals surface area contributed by atoms with Gasteiger partial charge in [0.05, 0.1) is 6.61 Å². The van der Waals surface area contributed by atoms with E-state index in [0.29, 0.717) is 6.42 Å². The molecule has 18 heavy (non-hydrogen) atoms. The summed E-state index contributed by atoms with van der Waals surface area (Å²) in [6, 6.07) is 6.09. The van der Waals surface area contributed by atoms with E-state index in [0.717, 1.165) is 5.56 Å². The molecule has 0 aliphatic heterocycles. The maximum absolute atomic E-state index is 12.9. The van der Waals surface area contributed by atoms with E-state index in [1.807, 2.05) is 0 Å². The van der Waals surface area contributed by atoms with Gasteiger partial charge in [-0.1, -0.05) is 12.1 Å². The fraction of sp³-hybridized carbons (Fsp3) is 0.385. The maximum Gasteiger partial charge on any atom is 0.325 e. The molecule has 1 aromatic rings. The van der Waals surface area contributed by atoms with Crippen molar-refractivity contribution in [2.24, 2.45) is 0 Å². The highest BCUT2D eigenvalue weighted by molar-refractivity contribution is 5.81. The van der Waals surface area contributed by atoms with Crippen molar-refractivity contribution in [1.82, 2.24) is 5.32 Å². The first kappa shape index (κ1) is 14.2. The van der Waals surface area contributed by atoms with Crippen molar-refractivity contribution in [3.63, 3.8) is 0 Å². The predicted octanol–water partition coefficient (Wildman–Crippen LogP) is 1.44. The highest BCUT2D eigenvalue weighted by Gasteiger charge is 2.06. The number of aryl methyl sites for hydroxylation is 1. The minimum atomic E-state index is -0.461. The Morgan fingerprint density at radius 1 is 1.39 bits per heavy atom. The average Bonchev–Trinajstić information content (AvgIpc) is 2.34. The average molecular weight is 253 g/mol. The summed E-state index contributed by atoms with van der Waals surface area (Å²) in [5, 5.41) is 2.44. The number of rotatable bonds is 6. The third kappa shape index (κ3) is 5.43. The predicted molar refractivity (Wildman–Crippen MR) is 64.4 cm³/mol. The Balaban J connectivity index is 2.27. The van der Waals surface area contributed by atoms with Gasteiger partial charge in [-0.2, -0.15) is 0 Å². The van der Waals surface area contributed by atoms with E-state index < -0.39 is 5.97 Å². The highest BCUT2D eigenvalue weighted by Crippen LogP contribution is 2.05. The fourth-order valence-electron chi connectivity index (χ4n) is 1.42. The Morgan fingerprint density at radius 3 is 2.83 bits per heavy atom. The lowest BCUT2D eigenvalue weighted by atomic mass is 10.1. The van der Waals surface area contributed by atoms with Crippen molar-refractivity contribution in [2.45, 2.75) is 19.8 Å². The van der Waals surface area contributed by atoms with Gasteiger partial charge in [0.25, 0.3) is 0 Å². The van der Waals surface area contributed by atoms with E-state index in [-0.39, 0.29) is 31.3 Å². The van der Waals surface area contributed by atoms with E-state index >= 15 is 0 Å². The molecule has 1 amide bonds. The van der Waals surface area contributed by atoms with Crippen molar-refractivity contribution in [3.8, 4) is 0 Å². The summed E-state index contributed by atoms with van der Waals surface area (Å²) < 4.78 is 17.5. The second kappa shape index (κ2) is 7.42. The zero-order valence-electron chi connectivity index (χ0n) is 10.2. The number of benzene rings is 1. The van der Waals surface area contributed by atoms with Gasteiger partial charge in [-0.05, 0) is 31.0 Å². The Hall–Kier alpha value is -1.91. The quantitative estimate of drug-likeness (QED) is 0.780. The molecule has 1 rings (SSSR count). The number of esters is 1. The van der Waals surface area contributed by atoms with Crippen molar-refractivity contribution in [2.75, 3.05) is 13.2 Å². The zero-order valence-corrected chi connectivity index (χ0v) is 10.2. The van der Waals surface area contributed by atoms with Gasteiger partial charge in [-0.25, -0.2) is 4.39 Å². The second-order valence-corrected chi connectivity index (χ2v) is 3.71. The number of amides is 1. The van der Waals surface area contributed by atoms with Crippen LogP contribution in [0.3, 0.4) is 0 Å². The topological polar surface area (TPSA) is 55.4 Å². The minimum absolute atomic E-state index is 0.129. The number of carbonyl (C=O) groups is 2. The van der Waals surface area contributed by atoms with Gasteiger partial charge >= 0.3 is 5.97 Å². The molecule has 0 aliphatic rings. The lowest BCUT2D eigenvalue weighted by molar-refractivity contribution is -0.143. The minimum Gasteiger partial charge on any atom is -0.465 e. The molecular formula is C13H16FNO3. The molecule has 0 aromatic heterocycles. The Morgan fingerprint density at radius 2 is 2.17 bits per heavy atom. The van der Waals surface area contributed by atoms with Crippen LogP contribution >= 0.6 is 0 Å². The van der Waals surface area contributed by atoms with Gasteiger partial charge < -0.3 is 10.1 Å². The molecule has 0 saturated carbocycles. The number of ether oxygens (including phenoxy) is 1. The van der Waals surface area contributed by atoms with Gasteiger partial charge in [0.15, 0.2) is 0 Å². The van der Waals surface area contributed by atoms with Gasteiger partial charge in [0, 0.05) is 6.42 Å². The summed E-state index contributed by atoms with van der Waals surface area (Å²) in [6.45, 7) is 1.86. The number of nitrogens with one attached hydrogen (secondary N) is 1. The molecule has 0 radical (unpaired) electrons. The first-order valence-corrected chi connectivity index (χ1v) is 5.78. The van der Waals surface area contributed by atoms with Gasteiger partial charge in [0.1, 0.15) is 12.4 Å². The lowest BCUT2D eigenvalue weighted by Crippen LogP contribution is -2.30. The van der Waals surface area contributed by atoms with E-state index in [4.69, 9.17) is 0 Å². The van der Waals surface area contributed by atoms with Crippen LogP contribution in [0.4, 0.5) is 4.39 Å². The van der Waals surface area contributed by atoms with Crippen LogP contribution in [-0.2, 0) is 20.7 Å². The van der Waals surface area contributed by atoms with Crippen LogP contribution in [-0.4, -0.2) is 25.0 Å². The van der Waals surface area contributed by atoms with Gasteiger partial charge in [-0.3, -0.25) is 9.59 Å². The SMILES string of the molecule is CCOC(=O)CNC(=O)CCc1cccc(F)c1. The van der Waals surface area contributed by atoms with Crippen LogP contribution in [0.1, 0.15) is 18.9 Å². The Labute approximate surface area is 105 Å². The third-order valence-electron chi connectivity index (χ3n) is 2.26. The highest BCUT2D eigenvalue weighted by atomic mass is 19.1. The molecule has 98 valence electrons. The van der Waals surface area contributed by atoms with Crippen LogP contribution in [0, 0.1) is 5.82 Å². The van der Waals surface area contributed by atoms with E-state index in [2.05, 4.69) is 10.1 Å². The molecule has 0 unspecified atom stereocenters. The normalized spacial score (nSPS) is 9.89. The number of halogens is 1. The first-order chi connectivity index (χ1) is 8.61. The molecule has 0 bridgehead atoms. The molecule has 1 aromatic carbocycles. The molecule has 0 heterocycles. The smallest absolute Gasteiger partial charge is 0.325 e. The molecule has 0 saturated heterocycles. The molecule has 0 aliphatic carbocycles. The molecule has 0 spiro atoms. The zero-order chi connectivity index (χ0) is 13.4. The van der Waals surface area contributed by atoms with Gasteiger partial charge in [-0.15, -0.1) is 0 Å². The van der Waals surface area contributed by atoms with Crippen molar-refractivity contribution in [1.29, 1.82) is 0 Å². The Kier molecular flexibility index (Phi) is 5.84. The molecule has 0 fully saturated rings. The van der Waals surface area contributed by atoms with E-state index in [1.165, 1.54) is 12.1 Å². The second-order valence-electron chi connectivity index (χ2n) is 3.71. The summed E-state index contributed by atoms with van der Waals surface area (Å²) in [4.78, 5) is 22.4. The van der Waals surface area contributed by atoms with Crippen LogP contribution in [0.5, 0.6) is 0 Å². The molecule has 4 nitrogen and oxygen atoms in total. The van der Waals surface area contributed by atoms with E-state index in [1.54, 1.807) is 19.1 Å². The molecule has 5 heteroatoms.